The molecule has 0 aromatic heterocycles. The van der Waals surface area contributed by atoms with Crippen LogP contribution < -0.4 is 4.74 Å². The molecule has 1 N–H and O–H groups in total. The number of rotatable bonds is 5. The summed E-state index contributed by atoms with van der Waals surface area (Å²) in [5, 5.41) is 10.5. The van der Waals surface area contributed by atoms with Crippen LogP contribution in [0.4, 0.5) is 0 Å². The van der Waals surface area contributed by atoms with Crippen LogP contribution in [0.2, 0.25) is 0 Å². The summed E-state index contributed by atoms with van der Waals surface area (Å²) in [5.74, 6) is -0.715. The van der Waals surface area contributed by atoms with E-state index in [1.807, 2.05) is 24.3 Å². The molecule has 1 atom stereocenters. The molecule has 1 aliphatic heterocycles. The number of hydrogen-bond donors (Lipinski definition) is 1. The highest BCUT2D eigenvalue weighted by Gasteiger charge is 2.47. The van der Waals surface area contributed by atoms with Crippen molar-refractivity contribution >= 4 is 11.7 Å². The predicted octanol–water partition coefficient (Wildman–Crippen LogP) is 3.56. The molecule has 2 aliphatic rings. The molecule has 0 saturated heterocycles. The first-order valence-corrected chi connectivity index (χ1v) is 8.90. The standard InChI is InChI=1S/C20H25NO4/c1-12(2)18(22)16-17(14-10-6-7-11-15(14)25-3)21(20(24)19(16)23)13-8-4-5-9-13/h6-7,10-13,17,23H,4-5,8-9H2,1-3H3. The van der Waals surface area contributed by atoms with Crippen LogP contribution in [-0.2, 0) is 9.59 Å². The fourth-order valence-electron chi connectivity index (χ4n) is 3.94. The summed E-state index contributed by atoms with van der Waals surface area (Å²) in [4.78, 5) is 27.3. The normalized spacial score (nSPS) is 21.5. The van der Waals surface area contributed by atoms with Gasteiger partial charge in [-0.1, -0.05) is 44.9 Å². The largest absolute Gasteiger partial charge is 0.503 e. The molecule has 1 amide bonds. The van der Waals surface area contributed by atoms with Gasteiger partial charge in [0.2, 0.25) is 0 Å². The zero-order valence-electron chi connectivity index (χ0n) is 15.0. The monoisotopic (exact) mass is 343 g/mol. The summed E-state index contributed by atoms with van der Waals surface area (Å²) in [6.45, 7) is 3.56. The molecule has 5 nitrogen and oxygen atoms in total. The fraction of sp³-hybridized carbons (Fsp3) is 0.500. The molecule has 5 heteroatoms. The van der Waals surface area contributed by atoms with E-state index in [-0.39, 0.29) is 23.3 Å². The maximum Gasteiger partial charge on any atom is 0.290 e. The smallest absolute Gasteiger partial charge is 0.290 e. The van der Waals surface area contributed by atoms with Gasteiger partial charge in [0.25, 0.3) is 5.91 Å². The minimum absolute atomic E-state index is 0.0435. The lowest BCUT2D eigenvalue weighted by Gasteiger charge is -2.33. The van der Waals surface area contributed by atoms with E-state index in [1.165, 1.54) is 0 Å². The molecule has 0 radical (unpaired) electrons. The first kappa shape index (κ1) is 17.5. The van der Waals surface area contributed by atoms with Crippen molar-refractivity contribution in [2.24, 2.45) is 5.92 Å². The number of carbonyl (C=O) groups excluding carboxylic acids is 2. The van der Waals surface area contributed by atoms with Gasteiger partial charge in [-0.15, -0.1) is 0 Å². The lowest BCUT2D eigenvalue weighted by Crippen LogP contribution is -2.39. The Hall–Kier alpha value is -2.30. The van der Waals surface area contributed by atoms with Gasteiger partial charge in [0.1, 0.15) is 5.75 Å². The summed E-state index contributed by atoms with van der Waals surface area (Å²) >= 11 is 0. The highest BCUT2D eigenvalue weighted by molar-refractivity contribution is 6.09. The van der Waals surface area contributed by atoms with Crippen molar-refractivity contribution in [2.75, 3.05) is 7.11 Å². The number of hydrogen-bond acceptors (Lipinski definition) is 4. The molecule has 1 unspecified atom stereocenters. The molecule has 1 aromatic rings. The molecule has 0 spiro atoms. The molecule has 0 bridgehead atoms. The molecule has 3 rings (SSSR count). The molecule has 1 aliphatic carbocycles. The molecular weight excluding hydrogens is 318 g/mol. The van der Waals surface area contributed by atoms with E-state index in [2.05, 4.69) is 0 Å². The van der Waals surface area contributed by atoms with Crippen molar-refractivity contribution in [3.63, 3.8) is 0 Å². The Labute approximate surface area is 148 Å². The number of carbonyl (C=O) groups is 2. The van der Waals surface area contributed by atoms with Crippen molar-refractivity contribution in [3.05, 3.63) is 41.2 Å². The second kappa shape index (κ2) is 6.90. The average molecular weight is 343 g/mol. The maximum atomic E-state index is 12.8. The van der Waals surface area contributed by atoms with Crippen LogP contribution in [-0.4, -0.2) is 34.8 Å². The van der Waals surface area contributed by atoms with Crippen LogP contribution in [0.3, 0.4) is 0 Å². The van der Waals surface area contributed by atoms with E-state index >= 15 is 0 Å². The van der Waals surface area contributed by atoms with E-state index in [9.17, 15) is 14.7 Å². The van der Waals surface area contributed by atoms with Crippen molar-refractivity contribution in [1.82, 2.24) is 4.90 Å². The van der Waals surface area contributed by atoms with Gasteiger partial charge in [-0.3, -0.25) is 9.59 Å². The summed E-state index contributed by atoms with van der Waals surface area (Å²) < 4.78 is 5.47. The highest BCUT2D eigenvalue weighted by atomic mass is 16.5. The van der Waals surface area contributed by atoms with E-state index in [0.717, 1.165) is 31.2 Å². The first-order valence-electron chi connectivity index (χ1n) is 8.90. The van der Waals surface area contributed by atoms with Crippen LogP contribution in [0, 0.1) is 5.92 Å². The van der Waals surface area contributed by atoms with Crippen LogP contribution in [0.5, 0.6) is 5.75 Å². The summed E-state index contributed by atoms with van der Waals surface area (Å²) in [5.41, 5.74) is 0.953. The Morgan fingerprint density at radius 1 is 1.24 bits per heavy atom. The van der Waals surface area contributed by atoms with E-state index < -0.39 is 17.7 Å². The SMILES string of the molecule is COc1ccccc1C1C(C(=O)C(C)C)=C(O)C(=O)N1C1CCCC1. The van der Waals surface area contributed by atoms with Crippen molar-refractivity contribution in [3.8, 4) is 5.75 Å². The van der Waals surface area contributed by atoms with Gasteiger partial charge in [-0.2, -0.15) is 0 Å². The number of ketones is 1. The van der Waals surface area contributed by atoms with Crippen molar-refractivity contribution in [1.29, 1.82) is 0 Å². The lowest BCUT2D eigenvalue weighted by atomic mass is 9.90. The van der Waals surface area contributed by atoms with E-state index in [0.29, 0.717) is 5.75 Å². The van der Waals surface area contributed by atoms with Crippen LogP contribution in [0.15, 0.2) is 35.6 Å². The zero-order valence-corrected chi connectivity index (χ0v) is 15.0. The average Bonchev–Trinajstić information content (AvgIpc) is 3.21. The Kier molecular flexibility index (Phi) is 4.84. The number of amides is 1. The summed E-state index contributed by atoms with van der Waals surface area (Å²) in [7, 11) is 1.57. The van der Waals surface area contributed by atoms with Gasteiger partial charge in [0, 0.05) is 17.5 Å². The van der Waals surface area contributed by atoms with Crippen LogP contribution in [0.1, 0.15) is 51.1 Å². The number of aliphatic hydroxyl groups excluding tert-OH is 1. The van der Waals surface area contributed by atoms with Gasteiger partial charge >= 0.3 is 0 Å². The molecular formula is C20H25NO4. The van der Waals surface area contributed by atoms with Gasteiger partial charge in [0.05, 0.1) is 18.7 Å². The van der Waals surface area contributed by atoms with Crippen molar-refractivity contribution < 1.29 is 19.4 Å². The summed E-state index contributed by atoms with van der Waals surface area (Å²) in [6.07, 6.45) is 3.91. The van der Waals surface area contributed by atoms with Gasteiger partial charge < -0.3 is 14.7 Å². The molecule has 1 saturated carbocycles. The zero-order chi connectivity index (χ0) is 18.1. The summed E-state index contributed by atoms with van der Waals surface area (Å²) in [6, 6.07) is 6.86. The fourth-order valence-corrected chi connectivity index (χ4v) is 3.94. The Morgan fingerprint density at radius 3 is 2.48 bits per heavy atom. The quantitative estimate of drug-likeness (QED) is 0.888. The molecule has 25 heavy (non-hydrogen) atoms. The van der Waals surface area contributed by atoms with Crippen LogP contribution in [0.25, 0.3) is 0 Å². The number of methoxy groups -OCH3 is 1. The Morgan fingerprint density at radius 2 is 1.88 bits per heavy atom. The van der Waals surface area contributed by atoms with Gasteiger partial charge in [0.15, 0.2) is 11.5 Å². The second-order valence-corrected chi connectivity index (χ2v) is 7.08. The number of Topliss-reactive ketones (excluding diaryl/α,β-unsaturated/α-hetero) is 1. The van der Waals surface area contributed by atoms with Crippen LogP contribution >= 0.6 is 0 Å². The lowest BCUT2D eigenvalue weighted by molar-refractivity contribution is -0.131. The molecule has 134 valence electrons. The predicted molar refractivity (Wildman–Crippen MR) is 94.3 cm³/mol. The van der Waals surface area contributed by atoms with Gasteiger partial charge in [-0.25, -0.2) is 0 Å². The second-order valence-electron chi connectivity index (χ2n) is 7.08. The minimum atomic E-state index is -0.582. The topological polar surface area (TPSA) is 66.8 Å². The number of ether oxygens (including phenoxy) is 1. The maximum absolute atomic E-state index is 12.8. The minimum Gasteiger partial charge on any atom is -0.503 e. The number of para-hydroxylation sites is 1. The number of aliphatic hydroxyl groups is 1. The molecule has 1 aromatic carbocycles. The number of benzene rings is 1. The third-order valence-corrected chi connectivity index (χ3v) is 5.19. The third-order valence-electron chi connectivity index (χ3n) is 5.19. The number of nitrogens with zero attached hydrogens (tertiary/aromatic N) is 1. The Balaban J connectivity index is 2.15. The van der Waals surface area contributed by atoms with E-state index in [4.69, 9.17) is 4.74 Å². The molecule has 1 heterocycles. The van der Waals surface area contributed by atoms with Crippen molar-refractivity contribution in [2.45, 2.75) is 51.6 Å². The van der Waals surface area contributed by atoms with E-state index in [1.54, 1.807) is 25.9 Å². The first-order chi connectivity index (χ1) is 12.0. The molecule has 1 fully saturated rings. The Bertz CT molecular complexity index is 716. The third kappa shape index (κ3) is 2.92. The highest BCUT2D eigenvalue weighted by Crippen LogP contribution is 2.45. The van der Waals surface area contributed by atoms with Gasteiger partial charge in [-0.05, 0) is 18.9 Å².